The van der Waals surface area contributed by atoms with E-state index in [0.717, 1.165) is 54.0 Å². The number of carbonyl (C=O) groups is 1. The van der Waals surface area contributed by atoms with Crippen molar-refractivity contribution >= 4 is 18.3 Å². The summed E-state index contributed by atoms with van der Waals surface area (Å²) >= 11 is 0. The molecule has 1 amide bonds. The van der Waals surface area contributed by atoms with E-state index in [1.165, 1.54) is 0 Å². The van der Waals surface area contributed by atoms with Gasteiger partial charge in [-0.2, -0.15) is 5.10 Å². The van der Waals surface area contributed by atoms with Crippen LogP contribution in [0, 0.1) is 13.8 Å². The maximum absolute atomic E-state index is 13.1. The zero-order chi connectivity index (χ0) is 20.4. The molecule has 2 N–H and O–H groups in total. The van der Waals surface area contributed by atoms with Crippen molar-refractivity contribution in [2.24, 2.45) is 4.99 Å². The zero-order valence-corrected chi connectivity index (χ0v) is 17.8. The van der Waals surface area contributed by atoms with Gasteiger partial charge in [-0.15, -0.1) is 0 Å². The molecule has 0 unspecified atom stereocenters. The van der Waals surface area contributed by atoms with Crippen LogP contribution >= 0.6 is 0 Å². The summed E-state index contributed by atoms with van der Waals surface area (Å²) in [4.78, 5) is 17.3. The third-order valence-electron chi connectivity index (χ3n) is 5.09. The van der Waals surface area contributed by atoms with Crippen molar-refractivity contribution in [3.63, 3.8) is 0 Å². The smallest absolute Gasteiger partial charge is 0.256 e. The number of rotatable bonds is 8. The van der Waals surface area contributed by atoms with E-state index >= 15 is 0 Å². The van der Waals surface area contributed by atoms with Gasteiger partial charge in [0.2, 0.25) is 0 Å². The Morgan fingerprint density at radius 1 is 1.30 bits per heavy atom. The number of aromatic nitrogens is 2. The lowest BCUT2D eigenvalue weighted by Crippen LogP contribution is -2.28. The molecule has 1 aliphatic rings. The molecule has 0 spiro atoms. The third-order valence-corrected chi connectivity index (χ3v) is 5.09. The van der Waals surface area contributed by atoms with Crippen molar-refractivity contribution < 1.29 is 4.79 Å². The summed E-state index contributed by atoms with van der Waals surface area (Å²) in [5, 5.41) is 11.1. The van der Waals surface area contributed by atoms with E-state index in [1.807, 2.05) is 39.3 Å². The molecule has 0 atom stereocenters. The van der Waals surface area contributed by atoms with Crippen molar-refractivity contribution in [3.05, 3.63) is 33.9 Å². The minimum Gasteiger partial charge on any atom is -0.365 e. The lowest BCUT2D eigenvalue weighted by molar-refractivity contribution is -0.112. The van der Waals surface area contributed by atoms with Crippen molar-refractivity contribution in [1.82, 2.24) is 15.1 Å². The maximum Gasteiger partial charge on any atom is 0.256 e. The number of anilines is 1. The first-order valence-electron chi connectivity index (χ1n) is 9.62. The molecular weight excluding hydrogens is 338 g/mol. The molecule has 27 heavy (non-hydrogen) atoms. The highest BCUT2D eigenvalue weighted by atomic mass is 16.1. The summed E-state index contributed by atoms with van der Waals surface area (Å²) in [6.45, 7) is 18.5. The van der Waals surface area contributed by atoms with E-state index in [0.29, 0.717) is 11.4 Å². The highest BCUT2D eigenvalue weighted by Crippen LogP contribution is 2.36. The molecule has 1 heterocycles. The number of hydrogen-bond donors (Lipinski definition) is 2. The van der Waals surface area contributed by atoms with Gasteiger partial charge in [0.1, 0.15) is 5.82 Å². The standard InChI is InChI=1S/C21H33N5O/c1-9-12-26-16(6)18(15(5)25-26)23-20(27)17(13(2)3)14(4)19(22-8)24-21(7)10-11-21/h24H,8-12H2,1-7H3,(H,23,27)/b19-14-. The number of amides is 1. The van der Waals surface area contributed by atoms with Crippen molar-refractivity contribution in [2.75, 3.05) is 5.32 Å². The molecule has 6 nitrogen and oxygen atoms in total. The third kappa shape index (κ3) is 4.67. The monoisotopic (exact) mass is 371 g/mol. The van der Waals surface area contributed by atoms with Crippen molar-refractivity contribution in [2.45, 2.75) is 79.8 Å². The van der Waals surface area contributed by atoms with Crippen LogP contribution in [-0.2, 0) is 11.3 Å². The lowest BCUT2D eigenvalue weighted by atomic mass is 10.0. The van der Waals surface area contributed by atoms with Gasteiger partial charge in [-0.1, -0.05) is 12.5 Å². The first-order valence-corrected chi connectivity index (χ1v) is 9.62. The molecule has 6 heteroatoms. The summed E-state index contributed by atoms with van der Waals surface area (Å²) in [6.07, 6.45) is 3.20. The highest BCUT2D eigenvalue weighted by Gasteiger charge is 2.38. The fraction of sp³-hybridized carbons (Fsp3) is 0.571. The van der Waals surface area contributed by atoms with Gasteiger partial charge in [0, 0.05) is 23.2 Å². The van der Waals surface area contributed by atoms with Gasteiger partial charge >= 0.3 is 0 Å². The van der Waals surface area contributed by atoms with Crippen LogP contribution in [0.3, 0.4) is 0 Å². The molecule has 0 aromatic carbocycles. The molecule has 0 radical (unpaired) electrons. The van der Waals surface area contributed by atoms with Crippen LogP contribution in [0.1, 0.15) is 65.3 Å². The van der Waals surface area contributed by atoms with Crippen molar-refractivity contribution in [1.29, 1.82) is 0 Å². The number of aryl methyl sites for hydroxylation is 2. The fourth-order valence-corrected chi connectivity index (χ4v) is 3.22. The van der Waals surface area contributed by atoms with Crippen LogP contribution in [0.5, 0.6) is 0 Å². The average Bonchev–Trinajstić information content (AvgIpc) is 3.27. The lowest BCUT2D eigenvalue weighted by Gasteiger charge is -2.18. The predicted molar refractivity (Wildman–Crippen MR) is 112 cm³/mol. The van der Waals surface area contributed by atoms with Crippen LogP contribution in [0.25, 0.3) is 0 Å². The Hall–Kier alpha value is -2.37. The topological polar surface area (TPSA) is 71.3 Å². The summed E-state index contributed by atoms with van der Waals surface area (Å²) in [5.41, 5.74) is 5.04. The first kappa shape index (κ1) is 20.9. The fourth-order valence-electron chi connectivity index (χ4n) is 3.22. The Bertz CT molecular complexity index is 805. The van der Waals surface area contributed by atoms with Crippen LogP contribution in [-0.4, -0.2) is 27.9 Å². The Labute approximate surface area is 162 Å². The van der Waals surface area contributed by atoms with Gasteiger partial charge in [-0.05, 0) is 67.5 Å². The second-order valence-corrected chi connectivity index (χ2v) is 7.92. The largest absolute Gasteiger partial charge is 0.365 e. The van der Waals surface area contributed by atoms with E-state index in [2.05, 4.69) is 41.3 Å². The maximum atomic E-state index is 13.1. The SMILES string of the molecule is C=N/C(NC1(C)CC1)=C(\C)C(C(=O)Nc1c(C)nn(CCC)c1C)=C(C)C. The summed E-state index contributed by atoms with van der Waals surface area (Å²) in [5.74, 6) is 0.537. The van der Waals surface area contributed by atoms with Gasteiger partial charge in [-0.25, -0.2) is 4.99 Å². The predicted octanol–water partition coefficient (Wildman–Crippen LogP) is 4.26. The van der Waals surface area contributed by atoms with Crippen LogP contribution in [0.2, 0.25) is 0 Å². The van der Waals surface area contributed by atoms with Crippen LogP contribution < -0.4 is 10.6 Å². The molecule has 0 bridgehead atoms. The number of hydrogen-bond acceptors (Lipinski definition) is 4. The number of allylic oxidation sites excluding steroid dienone is 1. The molecule has 2 rings (SSSR count). The molecule has 0 saturated heterocycles. The van der Waals surface area contributed by atoms with Gasteiger partial charge in [0.05, 0.1) is 17.1 Å². The highest BCUT2D eigenvalue weighted by molar-refractivity contribution is 6.08. The minimum absolute atomic E-state index is 0.0650. The Kier molecular flexibility index (Phi) is 6.29. The van der Waals surface area contributed by atoms with E-state index in [-0.39, 0.29) is 11.4 Å². The summed E-state index contributed by atoms with van der Waals surface area (Å²) in [7, 11) is 0. The number of aliphatic imine (C=N–C) groups is 1. The summed E-state index contributed by atoms with van der Waals surface area (Å²) in [6, 6.07) is 0. The molecule has 1 saturated carbocycles. The molecule has 1 aliphatic carbocycles. The van der Waals surface area contributed by atoms with E-state index in [1.54, 1.807) is 0 Å². The van der Waals surface area contributed by atoms with E-state index < -0.39 is 0 Å². The molecule has 1 aromatic heterocycles. The molecule has 148 valence electrons. The Balaban J connectivity index is 2.34. The molecule has 0 aliphatic heterocycles. The van der Waals surface area contributed by atoms with Gasteiger partial charge in [0.25, 0.3) is 5.91 Å². The molecular formula is C21H33N5O. The summed E-state index contributed by atoms with van der Waals surface area (Å²) < 4.78 is 1.95. The number of nitrogens with one attached hydrogen (secondary N) is 2. The Morgan fingerprint density at radius 3 is 2.41 bits per heavy atom. The number of carbonyl (C=O) groups excluding carboxylic acids is 1. The normalized spacial score (nSPS) is 15.7. The van der Waals surface area contributed by atoms with E-state index in [9.17, 15) is 4.79 Å². The Morgan fingerprint density at radius 2 is 1.93 bits per heavy atom. The van der Waals surface area contributed by atoms with Crippen molar-refractivity contribution in [3.8, 4) is 0 Å². The van der Waals surface area contributed by atoms with Gasteiger partial charge in [-0.3, -0.25) is 9.48 Å². The molecule has 1 aromatic rings. The second-order valence-electron chi connectivity index (χ2n) is 7.92. The first-order chi connectivity index (χ1) is 12.6. The quantitative estimate of drug-likeness (QED) is 0.407. The zero-order valence-electron chi connectivity index (χ0n) is 17.8. The van der Waals surface area contributed by atoms with Crippen LogP contribution in [0.15, 0.2) is 27.5 Å². The van der Waals surface area contributed by atoms with Crippen LogP contribution in [0.4, 0.5) is 5.69 Å². The second kappa shape index (κ2) is 8.11. The minimum atomic E-state index is -0.140. The average molecular weight is 372 g/mol. The van der Waals surface area contributed by atoms with Gasteiger partial charge in [0.15, 0.2) is 0 Å². The number of nitrogens with zero attached hydrogens (tertiary/aromatic N) is 3. The van der Waals surface area contributed by atoms with E-state index in [4.69, 9.17) is 0 Å². The molecule has 1 fully saturated rings. The van der Waals surface area contributed by atoms with Gasteiger partial charge < -0.3 is 10.6 Å².